The second-order valence-electron chi connectivity index (χ2n) is 1.99. The maximum atomic E-state index is 5.18. The van der Waals surface area contributed by atoms with E-state index in [-0.39, 0.29) is 0 Å². The molecule has 56 valence electrons. The minimum Gasteiger partial charge on any atom is -0.300 e. The third-order valence-electron chi connectivity index (χ3n) is 1.29. The third kappa shape index (κ3) is 1.04. The Morgan fingerprint density at radius 1 is 1.55 bits per heavy atom. The molecule has 2 heterocycles. The molecule has 5 heteroatoms. The van der Waals surface area contributed by atoms with Crippen LogP contribution in [0.4, 0.5) is 5.13 Å². The number of hydrogen-bond donors (Lipinski definition) is 2. The summed E-state index contributed by atoms with van der Waals surface area (Å²) in [5.74, 6) is 5.18. The lowest BCUT2D eigenvalue weighted by atomic mass is 10.5. The molecule has 4 nitrogen and oxygen atoms in total. The van der Waals surface area contributed by atoms with E-state index in [0.717, 1.165) is 10.3 Å². The van der Waals surface area contributed by atoms with E-state index in [0.29, 0.717) is 5.13 Å². The van der Waals surface area contributed by atoms with Crippen molar-refractivity contribution in [1.82, 2.24) is 9.97 Å². The molecule has 0 saturated heterocycles. The van der Waals surface area contributed by atoms with Gasteiger partial charge in [-0.1, -0.05) is 11.3 Å². The van der Waals surface area contributed by atoms with Crippen molar-refractivity contribution in [2.45, 2.75) is 0 Å². The normalized spacial score (nSPS) is 10.3. The van der Waals surface area contributed by atoms with Crippen LogP contribution < -0.4 is 11.3 Å². The largest absolute Gasteiger partial charge is 0.300 e. The zero-order valence-electron chi connectivity index (χ0n) is 5.61. The molecule has 0 spiro atoms. The molecule has 2 aromatic heterocycles. The average Bonchev–Trinajstić information content (AvgIpc) is 2.46. The van der Waals surface area contributed by atoms with E-state index in [2.05, 4.69) is 15.4 Å². The van der Waals surface area contributed by atoms with Gasteiger partial charge in [-0.15, -0.1) is 0 Å². The highest BCUT2D eigenvalue weighted by Gasteiger charge is 2.00. The van der Waals surface area contributed by atoms with E-state index in [9.17, 15) is 0 Å². The van der Waals surface area contributed by atoms with Crippen molar-refractivity contribution in [3.63, 3.8) is 0 Å². The van der Waals surface area contributed by atoms with Crippen LogP contribution in [0.1, 0.15) is 0 Å². The molecule has 0 fully saturated rings. The Labute approximate surface area is 67.1 Å². The molecule has 2 rings (SSSR count). The van der Waals surface area contributed by atoms with Gasteiger partial charge in [0, 0.05) is 6.20 Å². The van der Waals surface area contributed by atoms with Gasteiger partial charge in [-0.25, -0.2) is 15.8 Å². The summed E-state index contributed by atoms with van der Waals surface area (Å²) in [7, 11) is 0. The summed E-state index contributed by atoms with van der Waals surface area (Å²) < 4.78 is 0. The summed E-state index contributed by atoms with van der Waals surface area (Å²) in [4.78, 5) is 9.16. The number of pyridine rings is 1. The Bertz CT molecular complexity index is 336. The maximum absolute atomic E-state index is 5.18. The molecular weight excluding hydrogens is 160 g/mol. The molecule has 0 unspecified atom stereocenters. The predicted molar refractivity (Wildman–Crippen MR) is 45.2 cm³/mol. The fourth-order valence-electron chi connectivity index (χ4n) is 0.832. The second-order valence-corrected chi connectivity index (χ2v) is 2.97. The minimum atomic E-state index is 0.693. The zero-order valence-corrected chi connectivity index (χ0v) is 6.43. The van der Waals surface area contributed by atoms with Crippen molar-refractivity contribution in [2.75, 3.05) is 5.43 Å². The van der Waals surface area contributed by atoms with E-state index >= 15 is 0 Å². The van der Waals surface area contributed by atoms with E-state index < -0.39 is 0 Å². The van der Waals surface area contributed by atoms with Crippen LogP contribution in [0, 0.1) is 0 Å². The fourth-order valence-corrected chi connectivity index (χ4v) is 1.55. The summed E-state index contributed by atoms with van der Waals surface area (Å²) in [5.41, 5.74) is 3.36. The van der Waals surface area contributed by atoms with Crippen LogP contribution in [0.15, 0.2) is 18.3 Å². The Morgan fingerprint density at radius 3 is 3.18 bits per heavy atom. The van der Waals surface area contributed by atoms with Gasteiger partial charge in [-0.2, -0.15) is 0 Å². The van der Waals surface area contributed by atoms with Gasteiger partial charge >= 0.3 is 0 Å². The number of hydrazine groups is 1. The Balaban J connectivity index is 2.69. The second kappa shape index (κ2) is 2.44. The molecule has 0 radical (unpaired) electrons. The van der Waals surface area contributed by atoms with Crippen LogP contribution in [0.25, 0.3) is 10.3 Å². The number of nitrogens with one attached hydrogen (secondary N) is 1. The van der Waals surface area contributed by atoms with E-state index in [1.54, 1.807) is 6.20 Å². The standard InChI is InChI=1S/C6H6N4S/c7-10-6-9-4-2-1-3-8-5(4)11-6/h1-3H,7H2,(H,9,10). The van der Waals surface area contributed by atoms with Gasteiger partial charge in [0.25, 0.3) is 0 Å². The maximum Gasteiger partial charge on any atom is 0.199 e. The summed E-state index contributed by atoms with van der Waals surface area (Å²) in [6.45, 7) is 0. The van der Waals surface area contributed by atoms with Crippen LogP contribution in [-0.2, 0) is 0 Å². The Morgan fingerprint density at radius 2 is 2.45 bits per heavy atom. The number of aromatic nitrogens is 2. The number of nitrogens with zero attached hydrogens (tertiary/aromatic N) is 2. The monoisotopic (exact) mass is 166 g/mol. The molecule has 2 aromatic rings. The van der Waals surface area contributed by atoms with Crippen molar-refractivity contribution < 1.29 is 0 Å². The minimum absolute atomic E-state index is 0.693. The van der Waals surface area contributed by atoms with Crippen molar-refractivity contribution in [3.8, 4) is 0 Å². The highest BCUT2D eigenvalue weighted by atomic mass is 32.1. The van der Waals surface area contributed by atoms with Crippen LogP contribution in [0.2, 0.25) is 0 Å². The first-order valence-electron chi connectivity index (χ1n) is 3.08. The summed E-state index contributed by atoms with van der Waals surface area (Å²) in [6, 6.07) is 3.75. The highest BCUT2D eigenvalue weighted by molar-refractivity contribution is 7.21. The lowest BCUT2D eigenvalue weighted by Crippen LogP contribution is -2.05. The van der Waals surface area contributed by atoms with Gasteiger partial charge in [0.2, 0.25) is 0 Å². The van der Waals surface area contributed by atoms with Gasteiger partial charge < -0.3 is 0 Å². The molecule has 0 saturated carbocycles. The highest BCUT2D eigenvalue weighted by Crippen LogP contribution is 2.21. The van der Waals surface area contributed by atoms with Crippen LogP contribution >= 0.6 is 11.3 Å². The SMILES string of the molecule is NNc1nc2cccnc2s1. The van der Waals surface area contributed by atoms with Crippen molar-refractivity contribution in [2.24, 2.45) is 5.84 Å². The number of fused-ring (bicyclic) bond motifs is 1. The molecule has 0 atom stereocenters. The topological polar surface area (TPSA) is 63.8 Å². The van der Waals surface area contributed by atoms with Crippen LogP contribution in [0.3, 0.4) is 0 Å². The molecule has 0 bridgehead atoms. The first kappa shape index (κ1) is 6.51. The number of nitrogen functional groups attached to an aromatic ring is 1. The summed E-state index contributed by atoms with van der Waals surface area (Å²) >= 11 is 1.44. The number of anilines is 1. The molecule has 3 N–H and O–H groups in total. The molecular formula is C6H6N4S. The first-order chi connectivity index (χ1) is 5.40. The number of thiazole rings is 1. The lowest BCUT2D eigenvalue weighted by Gasteiger charge is -1.84. The van der Waals surface area contributed by atoms with Gasteiger partial charge in [-0.3, -0.25) is 5.43 Å². The van der Waals surface area contributed by atoms with Gasteiger partial charge in [0.1, 0.15) is 10.3 Å². The molecule has 0 aromatic carbocycles. The summed E-state index contributed by atoms with van der Waals surface area (Å²) in [5, 5.41) is 0.693. The Hall–Kier alpha value is -1.20. The summed E-state index contributed by atoms with van der Waals surface area (Å²) in [6.07, 6.45) is 1.74. The van der Waals surface area contributed by atoms with Crippen LogP contribution in [-0.4, -0.2) is 9.97 Å². The van der Waals surface area contributed by atoms with Gasteiger partial charge in [0.05, 0.1) is 0 Å². The third-order valence-corrected chi connectivity index (χ3v) is 2.20. The number of rotatable bonds is 1. The van der Waals surface area contributed by atoms with Crippen molar-refractivity contribution >= 4 is 26.8 Å². The molecule has 11 heavy (non-hydrogen) atoms. The van der Waals surface area contributed by atoms with E-state index in [1.807, 2.05) is 12.1 Å². The van der Waals surface area contributed by atoms with Crippen LogP contribution in [0.5, 0.6) is 0 Å². The zero-order chi connectivity index (χ0) is 7.68. The Kier molecular flexibility index (Phi) is 1.45. The lowest BCUT2D eigenvalue weighted by molar-refractivity contribution is 1.31. The predicted octanol–water partition coefficient (Wildman–Crippen LogP) is 0.977. The average molecular weight is 166 g/mol. The van der Waals surface area contributed by atoms with Crippen molar-refractivity contribution in [3.05, 3.63) is 18.3 Å². The van der Waals surface area contributed by atoms with E-state index in [1.165, 1.54) is 11.3 Å². The molecule has 0 aliphatic carbocycles. The molecule has 0 aliphatic heterocycles. The number of hydrogen-bond acceptors (Lipinski definition) is 5. The fraction of sp³-hybridized carbons (Fsp3) is 0. The van der Waals surface area contributed by atoms with Gasteiger partial charge in [0.15, 0.2) is 5.13 Å². The quantitative estimate of drug-likeness (QED) is 0.489. The molecule has 0 aliphatic rings. The smallest absolute Gasteiger partial charge is 0.199 e. The van der Waals surface area contributed by atoms with Gasteiger partial charge in [-0.05, 0) is 12.1 Å². The first-order valence-corrected chi connectivity index (χ1v) is 3.90. The van der Waals surface area contributed by atoms with E-state index in [4.69, 9.17) is 5.84 Å². The molecule has 0 amide bonds. The number of nitrogens with two attached hydrogens (primary N) is 1. The van der Waals surface area contributed by atoms with Crippen molar-refractivity contribution in [1.29, 1.82) is 0 Å².